The van der Waals surface area contributed by atoms with Gasteiger partial charge in [-0.2, -0.15) is 0 Å². The third-order valence-electron chi connectivity index (χ3n) is 3.40. The molecule has 0 spiro atoms. The summed E-state index contributed by atoms with van der Waals surface area (Å²) < 4.78 is 19.0. The molecule has 19 heavy (non-hydrogen) atoms. The SMILES string of the molecule is COc1cc(N2CCCC2CN)c(F)cc1[N+](=O)[O-]. The maximum absolute atomic E-state index is 14.0. The summed E-state index contributed by atoms with van der Waals surface area (Å²) in [6.45, 7) is 1.12. The minimum absolute atomic E-state index is 0.0593. The zero-order chi connectivity index (χ0) is 14.0. The predicted molar refractivity (Wildman–Crippen MR) is 69.0 cm³/mol. The minimum atomic E-state index is -0.657. The Labute approximate surface area is 110 Å². The highest BCUT2D eigenvalue weighted by atomic mass is 19.1. The average Bonchev–Trinajstić information content (AvgIpc) is 2.86. The molecule has 6 nitrogen and oxygen atoms in total. The first-order chi connectivity index (χ1) is 9.08. The summed E-state index contributed by atoms with van der Waals surface area (Å²) in [7, 11) is 1.33. The second kappa shape index (κ2) is 5.40. The molecule has 1 saturated heterocycles. The zero-order valence-corrected chi connectivity index (χ0v) is 10.6. The van der Waals surface area contributed by atoms with E-state index >= 15 is 0 Å². The van der Waals surface area contributed by atoms with Gasteiger partial charge < -0.3 is 15.4 Å². The van der Waals surface area contributed by atoms with Gasteiger partial charge in [-0.25, -0.2) is 4.39 Å². The largest absolute Gasteiger partial charge is 0.490 e. The van der Waals surface area contributed by atoms with E-state index in [1.807, 2.05) is 4.90 Å². The van der Waals surface area contributed by atoms with E-state index in [0.717, 1.165) is 18.9 Å². The first-order valence-corrected chi connectivity index (χ1v) is 6.07. The van der Waals surface area contributed by atoms with Crippen molar-refractivity contribution in [1.82, 2.24) is 0 Å². The van der Waals surface area contributed by atoms with Crippen molar-refractivity contribution in [1.29, 1.82) is 0 Å². The smallest absolute Gasteiger partial charge is 0.313 e. The van der Waals surface area contributed by atoms with Gasteiger partial charge in [-0.1, -0.05) is 0 Å². The summed E-state index contributed by atoms with van der Waals surface area (Å²) in [5, 5.41) is 10.8. The topological polar surface area (TPSA) is 81.6 Å². The number of benzene rings is 1. The number of nitrogens with two attached hydrogens (primary N) is 1. The molecule has 1 heterocycles. The highest BCUT2D eigenvalue weighted by Gasteiger charge is 2.28. The van der Waals surface area contributed by atoms with E-state index in [1.54, 1.807) is 0 Å². The van der Waals surface area contributed by atoms with Crippen LogP contribution < -0.4 is 15.4 Å². The molecule has 1 atom stereocenters. The fourth-order valence-corrected chi connectivity index (χ4v) is 2.46. The van der Waals surface area contributed by atoms with Crippen LogP contribution in [0.4, 0.5) is 15.8 Å². The molecule has 0 radical (unpaired) electrons. The quantitative estimate of drug-likeness (QED) is 0.664. The number of rotatable bonds is 4. The van der Waals surface area contributed by atoms with Crippen molar-refractivity contribution in [3.63, 3.8) is 0 Å². The van der Waals surface area contributed by atoms with Gasteiger partial charge in [0.1, 0.15) is 0 Å². The molecule has 1 aliphatic heterocycles. The van der Waals surface area contributed by atoms with E-state index in [1.165, 1.54) is 13.2 Å². The van der Waals surface area contributed by atoms with Gasteiger partial charge in [-0.15, -0.1) is 0 Å². The van der Waals surface area contributed by atoms with Crippen molar-refractivity contribution in [3.05, 3.63) is 28.1 Å². The maximum Gasteiger partial charge on any atom is 0.313 e. The van der Waals surface area contributed by atoms with Gasteiger partial charge in [0.2, 0.25) is 0 Å². The molecule has 2 rings (SSSR count). The van der Waals surface area contributed by atoms with Crippen molar-refractivity contribution in [2.75, 3.05) is 25.1 Å². The Balaban J connectivity index is 2.44. The zero-order valence-electron chi connectivity index (χ0n) is 10.6. The van der Waals surface area contributed by atoms with Crippen LogP contribution in [0.1, 0.15) is 12.8 Å². The van der Waals surface area contributed by atoms with Crippen LogP contribution in [0, 0.1) is 15.9 Å². The number of anilines is 1. The average molecular weight is 269 g/mol. The molecule has 1 aromatic carbocycles. The summed E-state index contributed by atoms with van der Waals surface area (Å²) >= 11 is 0. The molecule has 1 aliphatic rings. The molecule has 1 aromatic rings. The molecule has 0 aliphatic carbocycles. The molecule has 0 aromatic heterocycles. The van der Waals surface area contributed by atoms with Gasteiger partial charge in [-0.3, -0.25) is 10.1 Å². The van der Waals surface area contributed by atoms with Crippen LogP contribution in [-0.4, -0.2) is 31.2 Å². The second-order valence-electron chi connectivity index (χ2n) is 4.46. The molecule has 0 saturated carbocycles. The van der Waals surface area contributed by atoms with Gasteiger partial charge in [0, 0.05) is 25.2 Å². The van der Waals surface area contributed by atoms with Crippen LogP contribution >= 0.6 is 0 Å². The molecule has 0 amide bonds. The first-order valence-electron chi connectivity index (χ1n) is 6.07. The summed E-state index contributed by atoms with van der Waals surface area (Å²) in [4.78, 5) is 12.0. The van der Waals surface area contributed by atoms with Crippen LogP contribution in [0.5, 0.6) is 5.75 Å². The lowest BCUT2D eigenvalue weighted by Gasteiger charge is -2.26. The molecule has 1 unspecified atom stereocenters. The van der Waals surface area contributed by atoms with Crippen LogP contribution in [-0.2, 0) is 0 Å². The highest BCUT2D eigenvalue weighted by molar-refractivity contribution is 5.61. The van der Waals surface area contributed by atoms with Crippen LogP contribution in [0.25, 0.3) is 0 Å². The van der Waals surface area contributed by atoms with Crippen molar-refractivity contribution in [2.45, 2.75) is 18.9 Å². The first kappa shape index (κ1) is 13.5. The van der Waals surface area contributed by atoms with E-state index in [-0.39, 0.29) is 17.5 Å². The van der Waals surface area contributed by atoms with Gasteiger partial charge in [-0.05, 0) is 12.8 Å². The Morgan fingerprint density at radius 2 is 2.37 bits per heavy atom. The summed E-state index contributed by atoms with van der Waals surface area (Å²) in [6.07, 6.45) is 1.83. The van der Waals surface area contributed by atoms with E-state index in [4.69, 9.17) is 10.5 Å². The molecule has 7 heteroatoms. The number of nitro benzene ring substituents is 1. The Morgan fingerprint density at radius 1 is 1.63 bits per heavy atom. The van der Waals surface area contributed by atoms with E-state index in [0.29, 0.717) is 18.8 Å². The van der Waals surface area contributed by atoms with Gasteiger partial charge in [0.25, 0.3) is 0 Å². The van der Waals surface area contributed by atoms with Gasteiger partial charge in [0.05, 0.1) is 23.8 Å². The third kappa shape index (κ3) is 2.46. The highest BCUT2D eigenvalue weighted by Crippen LogP contribution is 2.36. The third-order valence-corrected chi connectivity index (χ3v) is 3.40. The molecule has 0 bridgehead atoms. The predicted octanol–water partition coefficient (Wildman–Crippen LogP) is 1.67. The number of ether oxygens (including phenoxy) is 1. The fraction of sp³-hybridized carbons (Fsp3) is 0.500. The van der Waals surface area contributed by atoms with Crippen LogP contribution in [0.15, 0.2) is 12.1 Å². The van der Waals surface area contributed by atoms with Crippen LogP contribution in [0.2, 0.25) is 0 Å². The number of hydrogen-bond donors (Lipinski definition) is 1. The minimum Gasteiger partial charge on any atom is -0.490 e. The molecule has 2 N–H and O–H groups in total. The number of halogens is 1. The van der Waals surface area contributed by atoms with Crippen molar-refractivity contribution < 1.29 is 14.1 Å². The van der Waals surface area contributed by atoms with Gasteiger partial charge >= 0.3 is 5.69 Å². The lowest BCUT2D eigenvalue weighted by Crippen LogP contribution is -2.35. The Morgan fingerprint density at radius 3 is 2.95 bits per heavy atom. The van der Waals surface area contributed by atoms with E-state index in [9.17, 15) is 14.5 Å². The number of nitrogens with zero attached hydrogens (tertiary/aromatic N) is 2. The Hall–Kier alpha value is -1.89. The lowest BCUT2D eigenvalue weighted by molar-refractivity contribution is -0.385. The normalized spacial score (nSPS) is 18.7. The number of methoxy groups -OCH3 is 1. The van der Waals surface area contributed by atoms with Crippen LogP contribution in [0.3, 0.4) is 0 Å². The summed E-state index contributed by atoms with van der Waals surface area (Å²) in [5.41, 5.74) is 5.60. The van der Waals surface area contributed by atoms with Crippen molar-refractivity contribution in [3.8, 4) is 5.75 Å². The summed E-state index contributed by atoms with van der Waals surface area (Å²) in [6, 6.07) is 2.35. The molecular formula is C12H16FN3O3. The molecular weight excluding hydrogens is 253 g/mol. The summed E-state index contributed by atoms with van der Waals surface area (Å²) in [5.74, 6) is -0.558. The van der Waals surface area contributed by atoms with E-state index < -0.39 is 10.7 Å². The van der Waals surface area contributed by atoms with Crippen molar-refractivity contribution >= 4 is 11.4 Å². The standard InChI is InChI=1S/C12H16FN3O3/c1-19-12-6-10(9(13)5-11(12)16(17)18)15-4-2-3-8(15)7-14/h5-6,8H,2-4,7,14H2,1H3. The van der Waals surface area contributed by atoms with Gasteiger partial charge in [0.15, 0.2) is 11.6 Å². The second-order valence-corrected chi connectivity index (χ2v) is 4.46. The Bertz CT molecular complexity index is 495. The maximum atomic E-state index is 14.0. The van der Waals surface area contributed by atoms with E-state index in [2.05, 4.69) is 0 Å². The number of hydrogen-bond acceptors (Lipinski definition) is 5. The lowest BCUT2D eigenvalue weighted by atomic mass is 10.2. The number of nitro groups is 1. The Kier molecular flexibility index (Phi) is 3.84. The molecule has 1 fully saturated rings. The molecule has 104 valence electrons. The monoisotopic (exact) mass is 269 g/mol. The van der Waals surface area contributed by atoms with Crippen molar-refractivity contribution in [2.24, 2.45) is 5.73 Å². The fourth-order valence-electron chi connectivity index (χ4n) is 2.46.